The summed E-state index contributed by atoms with van der Waals surface area (Å²) in [5.41, 5.74) is 0.110. The second-order valence-corrected chi connectivity index (χ2v) is 6.68. The van der Waals surface area contributed by atoms with Gasteiger partial charge in [-0.25, -0.2) is 0 Å². The van der Waals surface area contributed by atoms with Crippen LogP contribution in [0.15, 0.2) is 47.4 Å². The van der Waals surface area contributed by atoms with E-state index in [1.54, 1.807) is 12.1 Å². The highest BCUT2D eigenvalue weighted by molar-refractivity contribution is 6.31. The summed E-state index contributed by atoms with van der Waals surface area (Å²) in [5, 5.41) is 2.32. The number of pyridine rings is 1. The first kappa shape index (κ1) is 17.6. The molecule has 2 heterocycles. The Morgan fingerprint density at radius 2 is 1.96 bits per heavy atom. The lowest BCUT2D eigenvalue weighted by molar-refractivity contribution is -0.137. The van der Waals surface area contributed by atoms with E-state index in [9.17, 15) is 22.8 Å². The summed E-state index contributed by atoms with van der Waals surface area (Å²) < 4.78 is 40.8. The van der Waals surface area contributed by atoms with Crippen LogP contribution in [0, 0.1) is 0 Å². The third kappa shape index (κ3) is 2.98. The molecule has 1 aromatic heterocycles. The lowest BCUT2D eigenvalue weighted by Crippen LogP contribution is -2.23. The zero-order valence-corrected chi connectivity index (χ0v) is 14.5. The summed E-state index contributed by atoms with van der Waals surface area (Å²) in [5.74, 6) is -0.765. The van der Waals surface area contributed by atoms with E-state index in [-0.39, 0.29) is 11.3 Å². The standard InChI is InChI=1S/C19H12ClF3N2O2/c20-15-5-4-11(8-14(15)19(21,22)23)24-18(27)13-9-25-7-6-10-2-1-3-12(16(10)25)17(13)26/h1-5,8-9H,6-7H2,(H,24,27). The van der Waals surface area contributed by atoms with Crippen LogP contribution in [0.1, 0.15) is 21.5 Å². The van der Waals surface area contributed by atoms with Gasteiger partial charge in [-0.3, -0.25) is 9.59 Å². The van der Waals surface area contributed by atoms with Gasteiger partial charge in [0.2, 0.25) is 5.43 Å². The normalized spacial score (nSPS) is 13.2. The van der Waals surface area contributed by atoms with Gasteiger partial charge < -0.3 is 9.88 Å². The number of hydrogen-bond acceptors (Lipinski definition) is 2. The van der Waals surface area contributed by atoms with E-state index in [0.717, 1.165) is 29.6 Å². The minimum atomic E-state index is -4.65. The number of carbonyl (C=O) groups excluding carboxylic acids is 1. The fraction of sp³-hybridized carbons (Fsp3) is 0.158. The fourth-order valence-corrected chi connectivity index (χ4v) is 3.56. The molecule has 0 atom stereocenters. The van der Waals surface area contributed by atoms with Gasteiger partial charge in [0.1, 0.15) is 5.56 Å². The predicted molar refractivity (Wildman–Crippen MR) is 96.3 cm³/mol. The Hall–Kier alpha value is -2.80. The third-order valence-corrected chi connectivity index (χ3v) is 4.91. The topological polar surface area (TPSA) is 51.1 Å². The van der Waals surface area contributed by atoms with E-state index in [2.05, 4.69) is 5.32 Å². The van der Waals surface area contributed by atoms with Crippen molar-refractivity contribution in [3.8, 4) is 0 Å². The molecule has 8 heteroatoms. The van der Waals surface area contributed by atoms with E-state index in [1.807, 2.05) is 10.6 Å². The Balaban J connectivity index is 1.74. The van der Waals surface area contributed by atoms with Crippen molar-refractivity contribution in [2.45, 2.75) is 19.1 Å². The molecule has 0 fully saturated rings. The van der Waals surface area contributed by atoms with E-state index in [0.29, 0.717) is 11.9 Å². The Kier molecular flexibility index (Phi) is 3.99. The van der Waals surface area contributed by atoms with Gasteiger partial charge in [0.15, 0.2) is 0 Å². The first-order valence-corrected chi connectivity index (χ1v) is 8.46. The van der Waals surface area contributed by atoms with Gasteiger partial charge in [-0.05, 0) is 36.2 Å². The molecule has 0 spiro atoms. The summed E-state index contributed by atoms with van der Waals surface area (Å²) in [4.78, 5) is 25.3. The van der Waals surface area contributed by atoms with Crippen LogP contribution < -0.4 is 10.7 Å². The first-order valence-electron chi connectivity index (χ1n) is 8.09. The van der Waals surface area contributed by atoms with Crippen molar-refractivity contribution >= 4 is 34.1 Å². The maximum atomic E-state index is 13.0. The number of aryl methyl sites for hydroxylation is 2. The van der Waals surface area contributed by atoms with Gasteiger partial charge in [0.25, 0.3) is 5.91 Å². The Morgan fingerprint density at radius 3 is 2.70 bits per heavy atom. The van der Waals surface area contributed by atoms with Gasteiger partial charge >= 0.3 is 6.18 Å². The van der Waals surface area contributed by atoms with E-state index < -0.39 is 28.1 Å². The minimum Gasteiger partial charge on any atom is -0.346 e. The number of rotatable bonds is 2. The summed E-state index contributed by atoms with van der Waals surface area (Å²) in [6.45, 7) is 0.634. The van der Waals surface area contributed by atoms with Crippen LogP contribution in [-0.2, 0) is 19.1 Å². The van der Waals surface area contributed by atoms with Crippen molar-refractivity contribution in [1.82, 2.24) is 4.57 Å². The number of anilines is 1. The monoisotopic (exact) mass is 392 g/mol. The minimum absolute atomic E-state index is 0.0913. The van der Waals surface area contributed by atoms with Crippen molar-refractivity contribution in [2.75, 3.05) is 5.32 Å². The van der Waals surface area contributed by atoms with Crippen molar-refractivity contribution < 1.29 is 18.0 Å². The van der Waals surface area contributed by atoms with Gasteiger partial charge in [-0.2, -0.15) is 13.2 Å². The molecule has 1 amide bonds. The number of halogens is 4. The number of nitrogens with one attached hydrogen (secondary N) is 1. The number of aromatic nitrogens is 1. The van der Waals surface area contributed by atoms with Crippen molar-refractivity contribution in [3.63, 3.8) is 0 Å². The van der Waals surface area contributed by atoms with E-state index in [4.69, 9.17) is 11.6 Å². The lowest BCUT2D eigenvalue weighted by Gasteiger charge is -2.12. The molecule has 0 aliphatic carbocycles. The number of carbonyl (C=O) groups is 1. The van der Waals surface area contributed by atoms with Gasteiger partial charge in [0.05, 0.1) is 16.1 Å². The number of hydrogen-bond donors (Lipinski definition) is 1. The van der Waals surface area contributed by atoms with Crippen LogP contribution >= 0.6 is 11.6 Å². The highest BCUT2D eigenvalue weighted by Crippen LogP contribution is 2.36. The number of amides is 1. The predicted octanol–water partition coefficient (Wildman–Crippen LogP) is 4.48. The molecule has 3 aromatic rings. The van der Waals surface area contributed by atoms with Crippen LogP contribution in [0.3, 0.4) is 0 Å². The summed E-state index contributed by atoms with van der Waals surface area (Å²) in [6.07, 6.45) is -2.44. The SMILES string of the molecule is O=C(Nc1ccc(Cl)c(C(F)(F)F)c1)c1cn2c3c(cccc3c1=O)CC2. The molecular formula is C19H12ClF3N2O2. The molecule has 1 aliphatic rings. The Labute approximate surface area is 156 Å². The third-order valence-electron chi connectivity index (χ3n) is 4.58. The zero-order valence-electron chi connectivity index (χ0n) is 13.7. The molecule has 1 aliphatic heterocycles. The van der Waals surface area contributed by atoms with Crippen molar-refractivity contribution in [3.05, 3.63) is 74.5 Å². The van der Waals surface area contributed by atoms with Crippen LogP contribution in [0.4, 0.5) is 18.9 Å². The van der Waals surface area contributed by atoms with Crippen LogP contribution in [-0.4, -0.2) is 10.5 Å². The van der Waals surface area contributed by atoms with Crippen LogP contribution in [0.25, 0.3) is 10.9 Å². The lowest BCUT2D eigenvalue weighted by atomic mass is 10.1. The number of alkyl halides is 3. The molecule has 0 bridgehead atoms. The molecule has 138 valence electrons. The van der Waals surface area contributed by atoms with Gasteiger partial charge in [-0.15, -0.1) is 0 Å². The smallest absolute Gasteiger partial charge is 0.346 e. The zero-order chi connectivity index (χ0) is 19.3. The molecule has 4 rings (SSSR count). The van der Waals surface area contributed by atoms with Crippen LogP contribution in [0.5, 0.6) is 0 Å². The molecule has 0 saturated carbocycles. The second-order valence-electron chi connectivity index (χ2n) is 6.28. The van der Waals surface area contributed by atoms with Gasteiger partial charge in [-0.1, -0.05) is 23.7 Å². The number of para-hydroxylation sites is 1. The quantitative estimate of drug-likeness (QED) is 0.699. The molecule has 27 heavy (non-hydrogen) atoms. The molecule has 1 N–H and O–H groups in total. The summed E-state index contributed by atoms with van der Waals surface area (Å²) in [6, 6.07) is 8.38. The molecule has 0 radical (unpaired) electrons. The number of nitrogens with zero attached hydrogens (tertiary/aromatic N) is 1. The average molecular weight is 393 g/mol. The van der Waals surface area contributed by atoms with Crippen molar-refractivity contribution in [2.24, 2.45) is 0 Å². The highest BCUT2D eigenvalue weighted by Gasteiger charge is 2.33. The fourth-order valence-electron chi connectivity index (χ4n) is 3.34. The van der Waals surface area contributed by atoms with Gasteiger partial charge in [0, 0.05) is 23.8 Å². The maximum Gasteiger partial charge on any atom is 0.417 e. The Bertz CT molecular complexity index is 1150. The maximum absolute atomic E-state index is 13.0. The largest absolute Gasteiger partial charge is 0.417 e. The first-order chi connectivity index (χ1) is 12.8. The number of benzene rings is 2. The van der Waals surface area contributed by atoms with E-state index in [1.165, 1.54) is 12.3 Å². The molecular weight excluding hydrogens is 381 g/mol. The summed E-state index contributed by atoms with van der Waals surface area (Å²) in [7, 11) is 0. The molecule has 0 saturated heterocycles. The van der Waals surface area contributed by atoms with E-state index >= 15 is 0 Å². The second kappa shape index (κ2) is 6.13. The summed E-state index contributed by atoms with van der Waals surface area (Å²) >= 11 is 5.58. The highest BCUT2D eigenvalue weighted by atomic mass is 35.5. The average Bonchev–Trinajstić information content (AvgIpc) is 3.02. The Morgan fingerprint density at radius 1 is 1.19 bits per heavy atom. The molecule has 0 unspecified atom stereocenters. The molecule has 4 nitrogen and oxygen atoms in total. The molecule has 2 aromatic carbocycles. The van der Waals surface area contributed by atoms with Crippen LogP contribution in [0.2, 0.25) is 5.02 Å². The van der Waals surface area contributed by atoms with Crippen molar-refractivity contribution in [1.29, 1.82) is 0 Å².